The molecule has 0 radical (unpaired) electrons. The van der Waals surface area contributed by atoms with Crippen molar-refractivity contribution in [3.63, 3.8) is 0 Å². The fraction of sp³-hybridized carbons (Fsp3) is 0.615. The minimum absolute atomic E-state index is 0.176. The number of carbonyl (C=O) groups excluding carboxylic acids is 1. The lowest BCUT2D eigenvalue weighted by atomic mass is 10.1. The van der Waals surface area contributed by atoms with E-state index in [0.29, 0.717) is 18.9 Å². The Morgan fingerprint density at radius 2 is 2.00 bits per heavy atom. The van der Waals surface area contributed by atoms with E-state index in [4.69, 9.17) is 4.74 Å². The summed E-state index contributed by atoms with van der Waals surface area (Å²) in [6.45, 7) is 8.77. The van der Waals surface area contributed by atoms with Crippen LogP contribution in [0.15, 0.2) is 12.4 Å². The van der Waals surface area contributed by atoms with Crippen LogP contribution in [-0.4, -0.2) is 47.7 Å². The number of morpholine rings is 1. The maximum Gasteiger partial charge on any atom is 0.270 e. The van der Waals surface area contributed by atoms with E-state index in [9.17, 15) is 4.79 Å². The lowest BCUT2D eigenvalue weighted by molar-refractivity contribution is 0.0914. The van der Waals surface area contributed by atoms with Crippen LogP contribution in [0, 0.1) is 0 Å². The third-order valence-corrected chi connectivity index (χ3v) is 2.71. The molecule has 0 aliphatic carbocycles. The van der Waals surface area contributed by atoms with Crippen molar-refractivity contribution >= 4 is 11.7 Å². The van der Waals surface area contributed by atoms with Gasteiger partial charge in [0, 0.05) is 24.7 Å². The maximum atomic E-state index is 12.1. The van der Waals surface area contributed by atoms with Crippen molar-refractivity contribution in [2.24, 2.45) is 0 Å². The summed E-state index contributed by atoms with van der Waals surface area (Å²) in [7, 11) is 0. The van der Waals surface area contributed by atoms with Crippen LogP contribution in [0.4, 0.5) is 5.82 Å². The second kappa shape index (κ2) is 5.52. The number of hydrogen-bond acceptors (Lipinski definition) is 5. The molecular weight excluding hydrogens is 244 g/mol. The first-order valence-electron chi connectivity index (χ1n) is 6.43. The van der Waals surface area contributed by atoms with Crippen molar-refractivity contribution in [2.75, 3.05) is 31.2 Å². The Balaban J connectivity index is 2.12. The molecule has 1 N–H and O–H groups in total. The molecule has 2 heterocycles. The summed E-state index contributed by atoms with van der Waals surface area (Å²) in [6.07, 6.45) is 1.43. The zero-order valence-electron chi connectivity index (χ0n) is 11.6. The number of aromatic nitrogens is 2. The largest absolute Gasteiger partial charge is 0.378 e. The zero-order chi connectivity index (χ0) is 13.9. The van der Waals surface area contributed by atoms with Gasteiger partial charge in [-0.3, -0.25) is 4.79 Å². The Morgan fingerprint density at radius 3 is 2.63 bits per heavy atom. The third-order valence-electron chi connectivity index (χ3n) is 2.71. The monoisotopic (exact) mass is 264 g/mol. The van der Waals surface area contributed by atoms with E-state index in [1.807, 2.05) is 20.8 Å². The molecule has 0 spiro atoms. The molecule has 6 heteroatoms. The molecule has 0 aromatic carbocycles. The Bertz CT molecular complexity index is 450. The number of carbonyl (C=O) groups is 1. The third kappa shape index (κ3) is 3.89. The van der Waals surface area contributed by atoms with Crippen molar-refractivity contribution in [1.29, 1.82) is 0 Å². The highest BCUT2D eigenvalue weighted by atomic mass is 16.5. The highest BCUT2D eigenvalue weighted by Crippen LogP contribution is 2.13. The molecule has 0 saturated carbocycles. The number of nitrogens with one attached hydrogen (secondary N) is 1. The molecule has 1 aliphatic heterocycles. The molecule has 1 amide bonds. The quantitative estimate of drug-likeness (QED) is 0.857. The second-order valence-electron chi connectivity index (χ2n) is 5.56. The van der Waals surface area contributed by atoms with Crippen molar-refractivity contribution in [3.05, 3.63) is 18.1 Å². The second-order valence-corrected chi connectivity index (χ2v) is 5.56. The van der Waals surface area contributed by atoms with Crippen LogP contribution in [0.1, 0.15) is 31.3 Å². The van der Waals surface area contributed by atoms with Gasteiger partial charge in [-0.05, 0) is 20.8 Å². The smallest absolute Gasteiger partial charge is 0.270 e. The molecular formula is C13H20N4O2. The van der Waals surface area contributed by atoms with Gasteiger partial charge in [0.15, 0.2) is 0 Å². The van der Waals surface area contributed by atoms with Gasteiger partial charge in [0.1, 0.15) is 17.8 Å². The van der Waals surface area contributed by atoms with Gasteiger partial charge in [0.05, 0.1) is 13.2 Å². The van der Waals surface area contributed by atoms with Gasteiger partial charge in [-0.2, -0.15) is 0 Å². The van der Waals surface area contributed by atoms with Gasteiger partial charge in [-0.15, -0.1) is 0 Å². The summed E-state index contributed by atoms with van der Waals surface area (Å²) in [5, 5.41) is 2.89. The molecule has 0 atom stereocenters. The lowest BCUT2D eigenvalue weighted by Gasteiger charge is -2.28. The summed E-state index contributed by atoms with van der Waals surface area (Å²) < 4.78 is 5.30. The number of anilines is 1. The van der Waals surface area contributed by atoms with E-state index < -0.39 is 0 Å². The van der Waals surface area contributed by atoms with E-state index in [1.165, 1.54) is 6.33 Å². The molecule has 1 aromatic rings. The normalized spacial score (nSPS) is 16.3. The van der Waals surface area contributed by atoms with Crippen LogP contribution in [0.2, 0.25) is 0 Å². The van der Waals surface area contributed by atoms with Crippen LogP contribution in [0.5, 0.6) is 0 Å². The average Bonchev–Trinajstić information content (AvgIpc) is 2.38. The fourth-order valence-corrected chi connectivity index (χ4v) is 1.84. The number of nitrogens with zero attached hydrogens (tertiary/aromatic N) is 3. The summed E-state index contributed by atoms with van der Waals surface area (Å²) in [4.78, 5) is 22.4. The van der Waals surface area contributed by atoms with Gasteiger partial charge in [-0.25, -0.2) is 9.97 Å². The number of hydrogen-bond donors (Lipinski definition) is 1. The van der Waals surface area contributed by atoms with Crippen molar-refractivity contribution in [2.45, 2.75) is 26.3 Å². The Kier molecular flexibility index (Phi) is 3.99. The molecule has 1 saturated heterocycles. The first-order chi connectivity index (χ1) is 8.96. The van der Waals surface area contributed by atoms with E-state index in [0.717, 1.165) is 18.9 Å². The molecule has 19 heavy (non-hydrogen) atoms. The molecule has 1 aromatic heterocycles. The van der Waals surface area contributed by atoms with Gasteiger partial charge < -0.3 is 15.0 Å². The molecule has 2 rings (SSSR count). The molecule has 104 valence electrons. The van der Waals surface area contributed by atoms with Gasteiger partial charge in [0.2, 0.25) is 0 Å². The number of ether oxygens (including phenoxy) is 1. The molecule has 6 nitrogen and oxygen atoms in total. The van der Waals surface area contributed by atoms with Crippen LogP contribution in [-0.2, 0) is 4.74 Å². The summed E-state index contributed by atoms with van der Waals surface area (Å²) in [5.41, 5.74) is 0.118. The molecule has 1 fully saturated rings. The fourth-order valence-electron chi connectivity index (χ4n) is 1.84. The van der Waals surface area contributed by atoms with Crippen molar-refractivity contribution < 1.29 is 9.53 Å². The maximum absolute atomic E-state index is 12.1. The Morgan fingerprint density at radius 1 is 1.32 bits per heavy atom. The SMILES string of the molecule is CC(C)(C)NC(=O)c1cc(N2CCOCC2)ncn1. The first kappa shape index (κ1) is 13.7. The van der Waals surface area contributed by atoms with E-state index in [2.05, 4.69) is 20.2 Å². The zero-order valence-corrected chi connectivity index (χ0v) is 11.6. The van der Waals surface area contributed by atoms with Gasteiger partial charge >= 0.3 is 0 Å². The topological polar surface area (TPSA) is 67.4 Å². The van der Waals surface area contributed by atoms with Crippen LogP contribution in [0.3, 0.4) is 0 Å². The minimum Gasteiger partial charge on any atom is -0.378 e. The van der Waals surface area contributed by atoms with E-state index in [-0.39, 0.29) is 11.4 Å². The molecule has 1 aliphatic rings. The standard InChI is InChI=1S/C13H20N4O2/c1-13(2,3)16-12(18)10-8-11(15-9-14-10)17-4-6-19-7-5-17/h8-9H,4-7H2,1-3H3,(H,16,18). The lowest BCUT2D eigenvalue weighted by Crippen LogP contribution is -2.41. The van der Waals surface area contributed by atoms with Crippen molar-refractivity contribution in [3.8, 4) is 0 Å². The highest BCUT2D eigenvalue weighted by molar-refractivity contribution is 5.93. The summed E-state index contributed by atoms with van der Waals surface area (Å²) >= 11 is 0. The van der Waals surface area contributed by atoms with E-state index >= 15 is 0 Å². The minimum atomic E-state index is -0.277. The Hall–Kier alpha value is -1.69. The summed E-state index contributed by atoms with van der Waals surface area (Å²) in [5.74, 6) is 0.599. The van der Waals surface area contributed by atoms with Gasteiger partial charge in [0.25, 0.3) is 5.91 Å². The van der Waals surface area contributed by atoms with Gasteiger partial charge in [-0.1, -0.05) is 0 Å². The molecule has 0 bridgehead atoms. The predicted molar refractivity (Wildman–Crippen MR) is 72.3 cm³/mol. The molecule has 0 unspecified atom stereocenters. The number of amides is 1. The Labute approximate surface area is 113 Å². The highest BCUT2D eigenvalue weighted by Gasteiger charge is 2.18. The number of rotatable bonds is 2. The van der Waals surface area contributed by atoms with Crippen molar-refractivity contribution in [1.82, 2.24) is 15.3 Å². The first-order valence-corrected chi connectivity index (χ1v) is 6.43. The van der Waals surface area contributed by atoms with Crippen LogP contribution >= 0.6 is 0 Å². The van der Waals surface area contributed by atoms with Crippen LogP contribution < -0.4 is 10.2 Å². The average molecular weight is 264 g/mol. The van der Waals surface area contributed by atoms with Crippen LogP contribution in [0.25, 0.3) is 0 Å². The summed E-state index contributed by atoms with van der Waals surface area (Å²) in [6, 6.07) is 1.73. The predicted octanol–water partition coefficient (Wildman–Crippen LogP) is 0.841. The van der Waals surface area contributed by atoms with E-state index in [1.54, 1.807) is 6.07 Å².